The normalized spacial score (nSPS) is 15.7. The van der Waals surface area contributed by atoms with Crippen molar-refractivity contribution in [2.75, 3.05) is 0 Å². The highest BCUT2D eigenvalue weighted by Gasteiger charge is 2.27. The zero-order chi connectivity index (χ0) is 18.4. The maximum Gasteiger partial charge on any atom is 0.282 e. The smallest absolute Gasteiger partial charge is 0.282 e. The molecule has 0 unspecified atom stereocenters. The highest BCUT2D eigenvalue weighted by atomic mass is 35.5. The first-order valence-electron chi connectivity index (χ1n) is 8.27. The minimum atomic E-state index is -0.427. The Labute approximate surface area is 161 Å². The minimum Gasteiger partial charge on any atom is -0.320 e. The van der Waals surface area contributed by atoms with Gasteiger partial charge in [-0.25, -0.2) is 0 Å². The first-order valence-corrected chi connectivity index (χ1v) is 9.84. The predicted octanol–water partition coefficient (Wildman–Crippen LogP) is 5.01. The number of amides is 1. The van der Waals surface area contributed by atoms with E-state index in [4.69, 9.17) is 23.2 Å². The van der Waals surface area contributed by atoms with Gasteiger partial charge in [0.05, 0.1) is 15.6 Å². The van der Waals surface area contributed by atoms with E-state index in [0.717, 1.165) is 6.54 Å². The molecule has 2 heterocycles. The van der Waals surface area contributed by atoms with Crippen LogP contribution < -0.4 is 4.80 Å². The Bertz CT molecular complexity index is 868. The van der Waals surface area contributed by atoms with Gasteiger partial charge in [-0.05, 0) is 31.1 Å². The van der Waals surface area contributed by atoms with Crippen molar-refractivity contribution in [1.29, 1.82) is 0 Å². The molecule has 25 heavy (non-hydrogen) atoms. The van der Waals surface area contributed by atoms with Gasteiger partial charge in [0.2, 0.25) is 0 Å². The van der Waals surface area contributed by atoms with Gasteiger partial charge in [0, 0.05) is 29.5 Å². The average Bonchev–Trinajstić information content (AvgIpc) is 3.25. The monoisotopic (exact) mass is 397 g/mol. The van der Waals surface area contributed by atoms with Gasteiger partial charge in [-0.15, -0.1) is 11.3 Å². The molecule has 0 radical (unpaired) electrons. The van der Waals surface area contributed by atoms with Crippen molar-refractivity contribution in [1.82, 2.24) is 9.55 Å². The summed E-state index contributed by atoms with van der Waals surface area (Å²) in [5.74, 6) is 0.256. The van der Waals surface area contributed by atoms with Crippen LogP contribution in [0, 0.1) is 12.8 Å². The number of thiazole rings is 1. The fourth-order valence-corrected chi connectivity index (χ4v) is 4.52. The van der Waals surface area contributed by atoms with Crippen molar-refractivity contribution in [2.45, 2.75) is 52.5 Å². The van der Waals surface area contributed by atoms with Gasteiger partial charge < -0.3 is 4.57 Å². The molecule has 1 fully saturated rings. The van der Waals surface area contributed by atoms with Gasteiger partial charge in [0.15, 0.2) is 4.80 Å². The first kappa shape index (κ1) is 18.6. The van der Waals surface area contributed by atoms with Crippen LogP contribution in [0.2, 0.25) is 10.0 Å². The zero-order valence-electron chi connectivity index (χ0n) is 14.8. The average molecular weight is 398 g/mol. The molecule has 2 aromatic heterocycles. The van der Waals surface area contributed by atoms with E-state index in [1.54, 1.807) is 11.3 Å². The molecule has 0 saturated heterocycles. The van der Waals surface area contributed by atoms with Gasteiger partial charge >= 0.3 is 0 Å². The number of rotatable bonds is 3. The van der Waals surface area contributed by atoms with E-state index < -0.39 is 5.91 Å². The predicted molar refractivity (Wildman–Crippen MR) is 103 cm³/mol. The number of hydrogen-bond donors (Lipinski definition) is 0. The summed E-state index contributed by atoms with van der Waals surface area (Å²) in [7, 11) is 0. The second-order valence-electron chi connectivity index (χ2n) is 7.50. The van der Waals surface area contributed by atoms with Crippen LogP contribution in [-0.2, 0) is 12.0 Å². The highest BCUT2D eigenvalue weighted by Crippen LogP contribution is 2.33. The Morgan fingerprint density at radius 3 is 2.44 bits per heavy atom. The molecule has 1 aliphatic carbocycles. The molecule has 7 heteroatoms. The quantitative estimate of drug-likeness (QED) is 0.730. The topological polar surface area (TPSA) is 47.2 Å². The van der Waals surface area contributed by atoms with Crippen LogP contribution in [0.1, 0.15) is 54.5 Å². The third-order valence-corrected chi connectivity index (χ3v) is 6.42. The summed E-state index contributed by atoms with van der Waals surface area (Å²) < 4.78 is 2.17. The summed E-state index contributed by atoms with van der Waals surface area (Å²) >= 11 is 13.8. The number of pyridine rings is 1. The summed E-state index contributed by atoms with van der Waals surface area (Å²) in [6.45, 7) is 9.54. The summed E-state index contributed by atoms with van der Waals surface area (Å²) in [4.78, 5) is 22.9. The highest BCUT2D eigenvalue weighted by molar-refractivity contribution is 7.09. The minimum absolute atomic E-state index is 0.00280. The molecule has 2 aromatic rings. The van der Waals surface area contributed by atoms with E-state index in [1.165, 1.54) is 35.8 Å². The molecule has 1 aliphatic rings. The molecule has 1 saturated carbocycles. The number of aromatic nitrogens is 2. The van der Waals surface area contributed by atoms with Crippen molar-refractivity contribution in [3.63, 3.8) is 0 Å². The summed E-state index contributed by atoms with van der Waals surface area (Å²) in [5.41, 5.74) is 1.39. The van der Waals surface area contributed by atoms with Gasteiger partial charge in [0.25, 0.3) is 5.91 Å². The molecule has 0 bridgehead atoms. The molecule has 3 rings (SSSR count). The molecular formula is C18H21Cl2N3OS. The fourth-order valence-electron chi connectivity index (χ4n) is 2.80. The molecule has 0 N–H and O–H groups in total. The second kappa shape index (κ2) is 6.86. The lowest BCUT2D eigenvalue weighted by Crippen LogP contribution is -2.20. The van der Waals surface area contributed by atoms with Crippen LogP contribution in [0.25, 0.3) is 0 Å². The van der Waals surface area contributed by atoms with Crippen LogP contribution in [0.4, 0.5) is 0 Å². The van der Waals surface area contributed by atoms with Crippen LogP contribution in [0.15, 0.2) is 17.4 Å². The lowest BCUT2D eigenvalue weighted by molar-refractivity contribution is 0.0998. The summed E-state index contributed by atoms with van der Waals surface area (Å²) in [6.07, 6.45) is 5.30. The maximum atomic E-state index is 12.7. The van der Waals surface area contributed by atoms with Gasteiger partial charge in [-0.1, -0.05) is 44.0 Å². The summed E-state index contributed by atoms with van der Waals surface area (Å²) in [5, 5.41) is 0.443. The third-order valence-electron chi connectivity index (χ3n) is 4.24. The number of carbonyl (C=O) groups excluding carboxylic acids is 1. The lowest BCUT2D eigenvalue weighted by Gasteiger charge is -2.17. The van der Waals surface area contributed by atoms with Crippen molar-refractivity contribution in [3.05, 3.63) is 43.4 Å². The Morgan fingerprint density at radius 2 is 1.92 bits per heavy atom. The van der Waals surface area contributed by atoms with E-state index >= 15 is 0 Å². The first-order chi connectivity index (χ1) is 11.7. The van der Waals surface area contributed by atoms with Gasteiger partial charge in [-0.2, -0.15) is 4.99 Å². The lowest BCUT2D eigenvalue weighted by atomic mass is 9.93. The largest absolute Gasteiger partial charge is 0.320 e. The third kappa shape index (κ3) is 3.99. The molecule has 0 spiro atoms. The van der Waals surface area contributed by atoms with E-state index in [9.17, 15) is 4.79 Å². The summed E-state index contributed by atoms with van der Waals surface area (Å²) in [6, 6.07) is 0. The molecule has 134 valence electrons. The van der Waals surface area contributed by atoms with Crippen molar-refractivity contribution >= 4 is 40.4 Å². The van der Waals surface area contributed by atoms with E-state index in [1.807, 2.05) is 0 Å². The van der Waals surface area contributed by atoms with Crippen LogP contribution in [-0.4, -0.2) is 15.5 Å². The van der Waals surface area contributed by atoms with E-state index in [-0.39, 0.29) is 21.0 Å². The van der Waals surface area contributed by atoms with Crippen molar-refractivity contribution in [3.8, 4) is 0 Å². The Balaban J connectivity index is 2.11. The molecule has 4 nitrogen and oxygen atoms in total. The molecule has 0 atom stereocenters. The number of carbonyl (C=O) groups is 1. The molecule has 0 aliphatic heterocycles. The van der Waals surface area contributed by atoms with Gasteiger partial charge in [-0.3, -0.25) is 9.78 Å². The zero-order valence-corrected chi connectivity index (χ0v) is 17.1. The molecule has 0 aromatic carbocycles. The van der Waals surface area contributed by atoms with Crippen molar-refractivity contribution < 1.29 is 4.79 Å². The Morgan fingerprint density at radius 1 is 1.32 bits per heavy atom. The van der Waals surface area contributed by atoms with Gasteiger partial charge in [0.1, 0.15) is 0 Å². The number of hydrogen-bond acceptors (Lipinski definition) is 3. The van der Waals surface area contributed by atoms with Crippen LogP contribution >= 0.6 is 34.5 Å². The standard InChI is InChI=1S/C18H21Cl2N3OS/c1-10-15(18(2,3)4)25-17(23(10)9-11-5-6-11)22-16(24)14-12(19)7-21-8-13(14)20/h7-8,11H,5-6,9H2,1-4H3. The molecule has 1 amide bonds. The Hall–Kier alpha value is -1.17. The van der Waals surface area contributed by atoms with Crippen LogP contribution in [0.5, 0.6) is 0 Å². The SMILES string of the molecule is Cc1c(C(C)(C)C)sc(=NC(=O)c2c(Cl)cncc2Cl)n1CC1CC1. The second-order valence-corrected chi connectivity index (χ2v) is 9.29. The van der Waals surface area contributed by atoms with Crippen molar-refractivity contribution in [2.24, 2.45) is 10.9 Å². The fraction of sp³-hybridized carbons (Fsp3) is 0.500. The Kier molecular flexibility index (Phi) is 5.11. The number of nitrogens with zero attached hydrogens (tertiary/aromatic N) is 3. The molecular weight excluding hydrogens is 377 g/mol. The van der Waals surface area contributed by atoms with Crippen LogP contribution in [0.3, 0.4) is 0 Å². The number of halogens is 2. The van der Waals surface area contributed by atoms with E-state index in [0.29, 0.717) is 10.7 Å². The van der Waals surface area contributed by atoms with E-state index in [2.05, 4.69) is 42.2 Å². The maximum absolute atomic E-state index is 12.7.